The molecule has 2 aromatic heterocycles. The van der Waals surface area contributed by atoms with E-state index in [1.165, 1.54) is 24.4 Å². The highest BCUT2D eigenvalue weighted by Gasteiger charge is 2.34. The second-order valence-corrected chi connectivity index (χ2v) is 11.3. The Morgan fingerprint density at radius 1 is 0.953 bits per heavy atom. The van der Waals surface area contributed by atoms with Crippen molar-refractivity contribution in [1.29, 1.82) is 0 Å². The molecule has 0 radical (unpaired) electrons. The van der Waals surface area contributed by atoms with Crippen LogP contribution in [0, 0.1) is 6.92 Å². The highest BCUT2D eigenvalue weighted by atomic mass is 32.1. The Kier molecular flexibility index (Phi) is 9.04. The Morgan fingerprint density at radius 2 is 1.74 bits per heavy atom. The number of aryl methyl sites for hydroxylation is 1. The first kappa shape index (κ1) is 30.1. The summed E-state index contributed by atoms with van der Waals surface area (Å²) in [4.78, 5) is 38.8. The van der Waals surface area contributed by atoms with Crippen molar-refractivity contribution in [3.63, 3.8) is 0 Å². The zero-order valence-electron chi connectivity index (χ0n) is 23.5. The number of hydrogen-bond donors (Lipinski definition) is 3. The van der Waals surface area contributed by atoms with Gasteiger partial charge in [0.1, 0.15) is 10.7 Å². The zero-order chi connectivity index (χ0) is 30.6. The molecule has 2 amide bonds. The first-order valence-corrected chi connectivity index (χ1v) is 14.3. The maximum Gasteiger partial charge on any atom is 0.416 e. The van der Waals surface area contributed by atoms with Crippen LogP contribution in [0.3, 0.4) is 0 Å². The van der Waals surface area contributed by atoms with E-state index in [4.69, 9.17) is 0 Å². The predicted octanol–water partition coefficient (Wildman–Crippen LogP) is 5.86. The molecule has 1 aliphatic rings. The number of likely N-dealkylation sites (N-methyl/N-ethyl adjacent to an activating group) is 1. The fourth-order valence-corrected chi connectivity index (χ4v) is 5.29. The lowest BCUT2D eigenvalue weighted by Crippen LogP contribution is -2.44. The number of halogens is 3. The van der Waals surface area contributed by atoms with Crippen LogP contribution in [0.2, 0.25) is 0 Å². The summed E-state index contributed by atoms with van der Waals surface area (Å²) in [5, 5.41) is 8.88. The van der Waals surface area contributed by atoms with Gasteiger partial charge in [0.2, 0.25) is 0 Å². The molecule has 0 atom stereocenters. The molecule has 3 N–H and O–H groups in total. The molecule has 4 aromatic rings. The summed E-state index contributed by atoms with van der Waals surface area (Å²) in [7, 11) is 1.99. The van der Waals surface area contributed by atoms with E-state index >= 15 is 0 Å². The molecule has 3 heterocycles. The van der Waals surface area contributed by atoms with Gasteiger partial charge in [0.15, 0.2) is 5.13 Å². The normalized spacial score (nSPS) is 14.3. The van der Waals surface area contributed by atoms with Crippen molar-refractivity contribution < 1.29 is 22.8 Å². The first-order valence-electron chi connectivity index (χ1n) is 13.5. The Hall–Kier alpha value is -4.33. The van der Waals surface area contributed by atoms with E-state index in [0.29, 0.717) is 40.2 Å². The summed E-state index contributed by atoms with van der Waals surface area (Å²) in [6, 6.07) is 14.0. The van der Waals surface area contributed by atoms with Crippen molar-refractivity contribution in [1.82, 2.24) is 19.8 Å². The number of carbonyl (C=O) groups is 2. The van der Waals surface area contributed by atoms with E-state index in [1.807, 2.05) is 18.0 Å². The largest absolute Gasteiger partial charge is 0.416 e. The lowest BCUT2D eigenvalue weighted by Gasteiger charge is -2.33. The molecule has 0 unspecified atom stereocenters. The average molecular weight is 610 g/mol. The Morgan fingerprint density at radius 3 is 2.47 bits per heavy atom. The minimum Gasteiger partial charge on any atom is -0.322 e. The summed E-state index contributed by atoms with van der Waals surface area (Å²) >= 11 is 1.14. The third kappa shape index (κ3) is 7.74. The number of pyridine rings is 1. The van der Waals surface area contributed by atoms with Crippen LogP contribution in [-0.2, 0) is 12.7 Å². The van der Waals surface area contributed by atoms with Gasteiger partial charge in [-0.2, -0.15) is 13.2 Å². The van der Waals surface area contributed by atoms with Gasteiger partial charge in [0.05, 0.1) is 11.8 Å². The SMILES string of the molecule is Cc1ccc(C(=O)Nc2ccc(CN3CCN(C)CC3)c(C(F)(F)F)c2)cc1NC(=O)c1cnc(Nc2ccccn2)s1. The fourth-order valence-electron chi connectivity index (χ4n) is 4.57. The van der Waals surface area contributed by atoms with Crippen molar-refractivity contribution in [2.75, 3.05) is 49.2 Å². The van der Waals surface area contributed by atoms with Gasteiger partial charge < -0.3 is 20.9 Å². The van der Waals surface area contributed by atoms with Crippen molar-refractivity contribution >= 4 is 45.5 Å². The fraction of sp³-hybridized carbons (Fsp3) is 0.267. The summed E-state index contributed by atoms with van der Waals surface area (Å²) in [6.45, 7) is 4.91. The number of rotatable bonds is 8. The lowest BCUT2D eigenvalue weighted by molar-refractivity contribution is -0.138. The number of thiazole rings is 1. The van der Waals surface area contributed by atoms with Crippen LogP contribution in [0.25, 0.3) is 0 Å². The van der Waals surface area contributed by atoms with Gasteiger partial charge >= 0.3 is 6.18 Å². The number of carbonyl (C=O) groups excluding carboxylic acids is 2. The van der Waals surface area contributed by atoms with E-state index in [1.54, 1.807) is 37.4 Å². The maximum absolute atomic E-state index is 14.0. The highest BCUT2D eigenvalue weighted by molar-refractivity contribution is 7.17. The molecular formula is C30H30F3N7O2S. The quantitative estimate of drug-likeness (QED) is 0.230. The average Bonchev–Trinajstić information content (AvgIpc) is 3.45. The summed E-state index contributed by atoms with van der Waals surface area (Å²) in [5.74, 6) is -0.432. The van der Waals surface area contributed by atoms with Crippen molar-refractivity contribution in [2.45, 2.75) is 19.6 Å². The molecular weight excluding hydrogens is 579 g/mol. The molecule has 0 spiro atoms. The van der Waals surface area contributed by atoms with Crippen LogP contribution >= 0.6 is 11.3 Å². The third-order valence-electron chi connectivity index (χ3n) is 7.04. The number of alkyl halides is 3. The number of amides is 2. The minimum atomic E-state index is -4.58. The maximum atomic E-state index is 14.0. The molecule has 2 aromatic carbocycles. The van der Waals surface area contributed by atoms with E-state index in [2.05, 4.69) is 30.8 Å². The molecule has 0 aliphatic carbocycles. The van der Waals surface area contributed by atoms with Crippen molar-refractivity contribution in [2.24, 2.45) is 0 Å². The van der Waals surface area contributed by atoms with Gasteiger partial charge in [-0.3, -0.25) is 14.5 Å². The van der Waals surface area contributed by atoms with Gasteiger partial charge in [-0.1, -0.05) is 29.5 Å². The standard InChI is InChI=1S/C30H30F3N7O2S/c1-19-6-7-20(15-24(19)37-28(42)25-17-35-29(43-25)38-26-5-3-4-10-34-26)27(41)36-22-9-8-21(23(16-22)30(31,32)33)18-40-13-11-39(2)12-14-40/h3-10,15-17H,11-14,18H2,1-2H3,(H,36,41)(H,37,42)(H,34,35,38). The van der Waals surface area contributed by atoms with Crippen LogP contribution in [-0.4, -0.2) is 64.8 Å². The molecule has 9 nitrogen and oxygen atoms in total. The molecule has 5 rings (SSSR count). The molecule has 43 heavy (non-hydrogen) atoms. The number of aromatic nitrogens is 2. The Bertz CT molecular complexity index is 1600. The Labute approximate surface area is 250 Å². The number of benzene rings is 2. The van der Waals surface area contributed by atoms with Crippen molar-refractivity contribution in [3.05, 3.63) is 94.1 Å². The van der Waals surface area contributed by atoms with Crippen LogP contribution in [0.15, 0.2) is 67.0 Å². The number of nitrogens with zero attached hydrogens (tertiary/aromatic N) is 4. The second kappa shape index (κ2) is 12.9. The molecule has 224 valence electrons. The molecule has 0 bridgehead atoms. The molecule has 1 aliphatic heterocycles. The van der Waals surface area contributed by atoms with Gasteiger partial charge in [0, 0.05) is 55.9 Å². The van der Waals surface area contributed by atoms with E-state index < -0.39 is 23.6 Å². The van der Waals surface area contributed by atoms with Crippen LogP contribution in [0.5, 0.6) is 0 Å². The van der Waals surface area contributed by atoms with E-state index in [9.17, 15) is 22.8 Å². The zero-order valence-corrected chi connectivity index (χ0v) is 24.4. The highest BCUT2D eigenvalue weighted by Crippen LogP contribution is 2.35. The van der Waals surface area contributed by atoms with Gasteiger partial charge in [-0.15, -0.1) is 0 Å². The predicted molar refractivity (Wildman–Crippen MR) is 161 cm³/mol. The number of hydrogen-bond acceptors (Lipinski definition) is 8. The van der Waals surface area contributed by atoms with Crippen LogP contribution in [0.1, 0.15) is 36.7 Å². The second-order valence-electron chi connectivity index (χ2n) is 10.3. The van der Waals surface area contributed by atoms with Gasteiger partial charge in [-0.25, -0.2) is 9.97 Å². The number of anilines is 4. The molecule has 1 saturated heterocycles. The summed E-state index contributed by atoms with van der Waals surface area (Å²) < 4.78 is 42.0. The number of nitrogens with one attached hydrogen (secondary N) is 3. The first-order chi connectivity index (χ1) is 20.5. The smallest absolute Gasteiger partial charge is 0.322 e. The molecule has 1 fully saturated rings. The summed E-state index contributed by atoms with van der Waals surface area (Å²) in [6.07, 6.45) is -1.51. The molecule has 13 heteroatoms. The van der Waals surface area contributed by atoms with Crippen molar-refractivity contribution in [3.8, 4) is 0 Å². The number of piperazine rings is 1. The topological polar surface area (TPSA) is 102 Å². The minimum absolute atomic E-state index is 0.0307. The third-order valence-corrected chi connectivity index (χ3v) is 7.95. The van der Waals surface area contributed by atoms with Gasteiger partial charge in [0.25, 0.3) is 11.8 Å². The molecule has 0 saturated carbocycles. The van der Waals surface area contributed by atoms with E-state index in [0.717, 1.165) is 30.5 Å². The monoisotopic (exact) mass is 609 g/mol. The van der Waals surface area contributed by atoms with Crippen LogP contribution < -0.4 is 16.0 Å². The summed E-state index contributed by atoms with van der Waals surface area (Å²) in [5.41, 5.74) is 0.693. The van der Waals surface area contributed by atoms with E-state index in [-0.39, 0.29) is 23.4 Å². The van der Waals surface area contributed by atoms with Crippen LogP contribution in [0.4, 0.5) is 35.5 Å². The lowest BCUT2D eigenvalue weighted by atomic mass is 10.0. The Balaban J connectivity index is 1.27. The van der Waals surface area contributed by atoms with Gasteiger partial charge in [-0.05, 0) is 61.5 Å².